The number of hydrogen-bond acceptors (Lipinski definition) is 5. The van der Waals surface area contributed by atoms with Crippen LogP contribution in [0.2, 0.25) is 0 Å². The Morgan fingerprint density at radius 1 is 1.38 bits per heavy atom. The molecule has 0 aliphatic carbocycles. The predicted molar refractivity (Wildman–Crippen MR) is 101 cm³/mol. The molecule has 2 aliphatic rings. The SMILES string of the molecule is C=C1C=C(N)C(C#CC)=CN1[C@@H]1O[C@H](CCP(=C)(C)C)[C@@H](O)[C@H]1O. The summed E-state index contributed by atoms with van der Waals surface area (Å²) in [5.74, 6) is 5.73. The summed E-state index contributed by atoms with van der Waals surface area (Å²) in [7, 11) is 0. The van der Waals surface area contributed by atoms with E-state index in [1.807, 2.05) is 0 Å². The summed E-state index contributed by atoms with van der Waals surface area (Å²) >= 11 is 0. The molecule has 4 N–H and O–H groups in total. The van der Waals surface area contributed by atoms with Gasteiger partial charge in [0, 0.05) is 11.9 Å². The van der Waals surface area contributed by atoms with E-state index in [1.165, 1.54) is 0 Å². The Morgan fingerprint density at radius 2 is 2.04 bits per heavy atom. The molecule has 0 spiro atoms. The quantitative estimate of drug-likeness (QED) is 0.523. The van der Waals surface area contributed by atoms with Gasteiger partial charge in [0.2, 0.25) is 0 Å². The van der Waals surface area contributed by atoms with Gasteiger partial charge >= 0.3 is 0 Å². The lowest BCUT2D eigenvalue weighted by Crippen LogP contribution is -2.41. The highest BCUT2D eigenvalue weighted by molar-refractivity contribution is 7.72. The van der Waals surface area contributed by atoms with Crippen LogP contribution in [0.5, 0.6) is 0 Å². The van der Waals surface area contributed by atoms with Crippen molar-refractivity contribution < 1.29 is 14.9 Å². The summed E-state index contributed by atoms with van der Waals surface area (Å²) in [4.78, 5) is 1.69. The van der Waals surface area contributed by atoms with Crippen molar-refractivity contribution >= 4 is 13.2 Å². The summed E-state index contributed by atoms with van der Waals surface area (Å²) in [6.45, 7) is 8.75. The van der Waals surface area contributed by atoms with Gasteiger partial charge in [0.1, 0.15) is 12.2 Å². The molecule has 2 aliphatic heterocycles. The molecule has 2 rings (SSSR count). The van der Waals surface area contributed by atoms with E-state index in [0.29, 0.717) is 23.4 Å². The minimum Gasteiger partial charge on any atom is -0.398 e. The van der Waals surface area contributed by atoms with Crippen LogP contribution in [-0.2, 0) is 4.74 Å². The van der Waals surface area contributed by atoms with Gasteiger partial charge in [-0.3, -0.25) is 0 Å². The molecular formula is C18H27N2O3P. The van der Waals surface area contributed by atoms with E-state index in [1.54, 1.807) is 24.1 Å². The number of aliphatic hydroxyl groups excluding tert-OH is 2. The molecule has 2 heterocycles. The van der Waals surface area contributed by atoms with Crippen molar-refractivity contribution in [2.24, 2.45) is 5.73 Å². The highest BCUT2D eigenvalue weighted by Gasteiger charge is 2.45. The van der Waals surface area contributed by atoms with Crippen LogP contribution in [-0.4, -0.2) is 65.4 Å². The van der Waals surface area contributed by atoms with Crippen LogP contribution in [0.25, 0.3) is 0 Å². The normalized spacial score (nSPS) is 30.5. The third-order valence-corrected chi connectivity index (χ3v) is 5.59. The molecule has 0 aromatic carbocycles. The molecule has 0 saturated carbocycles. The second-order valence-electron chi connectivity index (χ2n) is 6.91. The van der Waals surface area contributed by atoms with E-state index in [-0.39, 0.29) is 0 Å². The molecular weight excluding hydrogens is 323 g/mol. The summed E-state index contributed by atoms with van der Waals surface area (Å²) in [5.41, 5.74) is 7.71. The number of rotatable bonds is 4. The molecule has 0 radical (unpaired) electrons. The van der Waals surface area contributed by atoms with Gasteiger partial charge in [-0.15, -0.1) is 19.1 Å². The van der Waals surface area contributed by atoms with Crippen molar-refractivity contribution in [2.45, 2.75) is 37.9 Å². The van der Waals surface area contributed by atoms with Gasteiger partial charge in [-0.1, -0.05) is 12.5 Å². The highest BCUT2D eigenvalue weighted by Crippen LogP contribution is 2.39. The van der Waals surface area contributed by atoms with Crippen molar-refractivity contribution in [3.05, 3.63) is 35.8 Å². The van der Waals surface area contributed by atoms with Crippen molar-refractivity contribution in [2.75, 3.05) is 19.5 Å². The molecule has 5 nitrogen and oxygen atoms in total. The van der Waals surface area contributed by atoms with E-state index < -0.39 is 31.4 Å². The average Bonchev–Trinajstić information content (AvgIpc) is 2.75. The fraction of sp³-hybridized carbons (Fsp3) is 0.500. The third kappa shape index (κ3) is 4.15. The zero-order valence-corrected chi connectivity index (χ0v) is 15.5. The van der Waals surface area contributed by atoms with Gasteiger partial charge in [0.05, 0.1) is 17.4 Å². The first kappa shape index (κ1) is 18.9. The minimum atomic E-state index is -1.22. The summed E-state index contributed by atoms with van der Waals surface area (Å²) in [6.07, 6.45) is 6.06. The number of nitrogens with zero attached hydrogens (tertiary/aromatic N) is 1. The molecule has 0 bridgehead atoms. The second-order valence-corrected chi connectivity index (χ2v) is 11.2. The van der Waals surface area contributed by atoms with Gasteiger partial charge in [-0.25, -0.2) is 0 Å². The number of nitrogens with two attached hydrogens (primary N) is 1. The lowest BCUT2D eigenvalue weighted by atomic mass is 10.1. The second kappa shape index (κ2) is 7.21. The van der Waals surface area contributed by atoms with E-state index in [0.717, 1.165) is 6.16 Å². The molecule has 1 saturated heterocycles. The first-order valence-electron chi connectivity index (χ1n) is 7.92. The van der Waals surface area contributed by atoms with Gasteiger partial charge < -0.3 is 25.6 Å². The smallest absolute Gasteiger partial charge is 0.163 e. The Hall–Kier alpha value is -1.44. The van der Waals surface area contributed by atoms with Gasteiger partial charge in [0.25, 0.3) is 0 Å². The third-order valence-electron chi connectivity index (χ3n) is 4.12. The molecule has 132 valence electrons. The summed E-state index contributed by atoms with van der Waals surface area (Å²) in [6, 6.07) is 0. The summed E-state index contributed by atoms with van der Waals surface area (Å²) in [5, 5.41) is 20.8. The maximum Gasteiger partial charge on any atom is 0.163 e. The molecule has 6 heteroatoms. The van der Waals surface area contributed by atoms with Gasteiger partial charge in [-0.05, 0) is 38.9 Å². The monoisotopic (exact) mass is 350 g/mol. The largest absolute Gasteiger partial charge is 0.398 e. The Morgan fingerprint density at radius 3 is 2.62 bits per heavy atom. The van der Waals surface area contributed by atoms with Crippen LogP contribution in [0.1, 0.15) is 13.3 Å². The lowest BCUT2D eigenvalue weighted by molar-refractivity contribution is -0.0564. The van der Waals surface area contributed by atoms with Crippen LogP contribution in [0.3, 0.4) is 0 Å². The maximum absolute atomic E-state index is 10.4. The molecule has 0 aromatic rings. The number of ether oxygens (including phenoxy) is 1. The number of allylic oxidation sites excluding steroid dienone is 2. The summed E-state index contributed by atoms with van der Waals surface area (Å²) < 4.78 is 5.95. The first-order chi connectivity index (χ1) is 11.1. The Kier molecular flexibility index (Phi) is 5.67. The molecule has 0 unspecified atom stereocenters. The zero-order chi connectivity index (χ0) is 18.1. The zero-order valence-electron chi connectivity index (χ0n) is 14.6. The predicted octanol–water partition coefficient (Wildman–Crippen LogP) is 1.11. The molecule has 1 fully saturated rings. The van der Waals surface area contributed by atoms with Crippen LogP contribution in [0, 0.1) is 11.8 Å². The fourth-order valence-electron chi connectivity index (χ4n) is 2.78. The number of aliphatic hydroxyl groups is 2. The minimum absolute atomic E-state index is 0.420. The van der Waals surface area contributed by atoms with Crippen molar-refractivity contribution in [1.82, 2.24) is 4.90 Å². The number of hydrogen-bond donors (Lipinski definition) is 3. The van der Waals surface area contributed by atoms with E-state index in [9.17, 15) is 10.2 Å². The fourth-order valence-corrected chi connectivity index (χ4v) is 3.73. The van der Waals surface area contributed by atoms with E-state index >= 15 is 0 Å². The van der Waals surface area contributed by atoms with Crippen LogP contribution in [0.4, 0.5) is 0 Å². The molecule has 24 heavy (non-hydrogen) atoms. The molecule has 4 atom stereocenters. The topological polar surface area (TPSA) is 79.0 Å². The first-order valence-corrected chi connectivity index (χ1v) is 11.0. The van der Waals surface area contributed by atoms with E-state index in [2.05, 4.69) is 38.0 Å². The van der Waals surface area contributed by atoms with Crippen molar-refractivity contribution in [3.8, 4) is 11.8 Å². The Bertz CT molecular complexity index is 680. The van der Waals surface area contributed by atoms with Crippen molar-refractivity contribution in [3.63, 3.8) is 0 Å². The van der Waals surface area contributed by atoms with Crippen molar-refractivity contribution in [1.29, 1.82) is 0 Å². The van der Waals surface area contributed by atoms with Gasteiger partial charge in [0.15, 0.2) is 6.23 Å². The van der Waals surface area contributed by atoms with E-state index in [4.69, 9.17) is 10.5 Å². The highest BCUT2D eigenvalue weighted by atomic mass is 31.2. The Labute approximate surface area is 144 Å². The molecule has 0 amide bonds. The standard InChI is InChI=1S/C18H27N2O3P/c1-6-7-13-11-20(12(2)10-14(13)19)18-17(22)16(21)15(23-18)8-9-24(3,4)5/h10-11,15-18,21-22H,2-3,8-9,19H2,1,4-5H3/t15-,16-,17-,18-/m1/s1. The maximum atomic E-state index is 10.4. The van der Waals surface area contributed by atoms with Crippen LogP contribution >= 0.6 is 6.89 Å². The van der Waals surface area contributed by atoms with Crippen LogP contribution < -0.4 is 5.73 Å². The van der Waals surface area contributed by atoms with Gasteiger partial charge in [-0.2, -0.15) is 0 Å². The van der Waals surface area contributed by atoms with Crippen LogP contribution in [0.15, 0.2) is 35.8 Å². The molecule has 0 aromatic heterocycles. The lowest BCUT2D eigenvalue weighted by Gasteiger charge is -2.32. The Balaban J connectivity index is 2.18. The average molecular weight is 350 g/mol.